The van der Waals surface area contributed by atoms with Crippen LogP contribution in [0.4, 0.5) is 0 Å². The summed E-state index contributed by atoms with van der Waals surface area (Å²) in [7, 11) is 0. The third-order valence-corrected chi connectivity index (χ3v) is 2.18. The Kier molecular flexibility index (Phi) is 5.56. The zero-order valence-electron chi connectivity index (χ0n) is 10.3. The first-order chi connectivity index (χ1) is 9.02. The van der Waals surface area contributed by atoms with Crippen LogP contribution in [0.5, 0.6) is 0 Å². The molecule has 2 rings (SSSR count). The highest BCUT2D eigenvalue weighted by molar-refractivity contribution is 7.80. The fourth-order valence-electron chi connectivity index (χ4n) is 1.33. The minimum Gasteiger partial charge on any atom is -0.481 e. The Morgan fingerprint density at radius 1 is 1.21 bits per heavy atom. The Balaban J connectivity index is 0.000000399. The van der Waals surface area contributed by atoms with Crippen molar-refractivity contribution in [1.29, 1.82) is 0 Å². The van der Waals surface area contributed by atoms with E-state index in [0.29, 0.717) is 5.69 Å². The van der Waals surface area contributed by atoms with Crippen LogP contribution in [0.25, 0.3) is 11.3 Å². The topological polar surface area (TPSA) is 89.1 Å². The number of aromatic nitrogens is 2. The molecule has 2 aromatic rings. The maximum atomic E-state index is 9.00. The largest absolute Gasteiger partial charge is 0.481 e. The highest BCUT2D eigenvalue weighted by Crippen LogP contribution is 2.18. The van der Waals surface area contributed by atoms with Crippen LogP contribution in [0.2, 0.25) is 0 Å². The fourth-order valence-corrected chi connectivity index (χ4v) is 1.49. The minimum absolute atomic E-state index is 0.288. The molecule has 0 unspecified atom stereocenters. The number of carboxylic acid groups (broad SMARTS) is 1. The number of nitrogens with two attached hydrogens (primary N) is 1. The molecule has 0 aromatic carbocycles. The summed E-state index contributed by atoms with van der Waals surface area (Å²) in [6.45, 7) is 1.08. The summed E-state index contributed by atoms with van der Waals surface area (Å²) in [4.78, 5) is 17.7. The fraction of sp³-hybridized carbons (Fsp3) is 0.0769. The summed E-state index contributed by atoms with van der Waals surface area (Å²) in [5.74, 6) is -0.833. The van der Waals surface area contributed by atoms with Gasteiger partial charge in [0.05, 0.1) is 5.69 Å². The first-order valence-electron chi connectivity index (χ1n) is 5.38. The number of rotatable bonds is 2. The molecular weight excluding hydrogens is 262 g/mol. The standard InChI is InChI=1S/C11H9N3S.C2H4O2/c12-11(15)10-8(4-3-7-14-10)9-5-1-2-6-13-9;1-2(3)4/h1-7H,(H2,12,15);1H3,(H,3,4). The second kappa shape index (κ2) is 7.17. The molecule has 19 heavy (non-hydrogen) atoms. The van der Waals surface area contributed by atoms with Gasteiger partial charge in [-0.2, -0.15) is 0 Å². The first-order valence-corrected chi connectivity index (χ1v) is 5.79. The van der Waals surface area contributed by atoms with Crippen LogP contribution in [0.3, 0.4) is 0 Å². The Labute approximate surface area is 116 Å². The molecule has 6 heteroatoms. The normalized spacial score (nSPS) is 9.11. The van der Waals surface area contributed by atoms with Gasteiger partial charge in [0.1, 0.15) is 10.7 Å². The monoisotopic (exact) mass is 275 g/mol. The maximum absolute atomic E-state index is 9.00. The van der Waals surface area contributed by atoms with Crippen LogP contribution in [-0.2, 0) is 4.79 Å². The number of carbonyl (C=O) groups is 1. The van der Waals surface area contributed by atoms with Crippen LogP contribution in [0.15, 0.2) is 42.7 Å². The van der Waals surface area contributed by atoms with E-state index < -0.39 is 5.97 Å². The SMILES string of the molecule is CC(=O)O.NC(=S)c1ncccc1-c1ccccn1. The molecule has 0 bridgehead atoms. The second-order valence-corrected chi connectivity index (χ2v) is 3.94. The lowest BCUT2D eigenvalue weighted by molar-refractivity contribution is -0.134. The lowest BCUT2D eigenvalue weighted by Gasteiger charge is -2.05. The Bertz CT molecular complexity index is 569. The smallest absolute Gasteiger partial charge is 0.300 e. The second-order valence-electron chi connectivity index (χ2n) is 3.50. The third-order valence-electron chi connectivity index (χ3n) is 1.98. The van der Waals surface area contributed by atoms with Crippen LogP contribution >= 0.6 is 12.2 Å². The summed E-state index contributed by atoms with van der Waals surface area (Å²) in [6.07, 6.45) is 3.40. The van der Waals surface area contributed by atoms with Crippen molar-refractivity contribution in [3.05, 3.63) is 48.4 Å². The number of pyridine rings is 2. The molecule has 3 N–H and O–H groups in total. The predicted octanol–water partition coefficient (Wildman–Crippen LogP) is 1.87. The predicted molar refractivity (Wildman–Crippen MR) is 76.7 cm³/mol. The molecule has 0 amide bonds. The average Bonchev–Trinajstić information content (AvgIpc) is 2.39. The van der Waals surface area contributed by atoms with Gasteiger partial charge < -0.3 is 10.8 Å². The third kappa shape index (κ3) is 4.81. The van der Waals surface area contributed by atoms with Crippen LogP contribution in [0.1, 0.15) is 12.6 Å². The van der Waals surface area contributed by atoms with E-state index in [1.54, 1.807) is 12.4 Å². The lowest BCUT2D eigenvalue weighted by Crippen LogP contribution is -2.13. The van der Waals surface area contributed by atoms with Gasteiger partial charge in [0.25, 0.3) is 5.97 Å². The molecule has 5 nitrogen and oxygen atoms in total. The molecule has 0 saturated carbocycles. The number of aliphatic carboxylic acids is 1. The van der Waals surface area contributed by atoms with Gasteiger partial charge in [0.2, 0.25) is 0 Å². The van der Waals surface area contributed by atoms with Gasteiger partial charge in [-0.1, -0.05) is 18.3 Å². The summed E-state index contributed by atoms with van der Waals surface area (Å²) >= 11 is 4.94. The van der Waals surface area contributed by atoms with E-state index >= 15 is 0 Å². The summed E-state index contributed by atoms with van der Waals surface area (Å²) in [5, 5.41) is 7.42. The number of hydrogen-bond acceptors (Lipinski definition) is 4. The Morgan fingerprint density at radius 3 is 2.37 bits per heavy atom. The summed E-state index contributed by atoms with van der Waals surface area (Å²) in [5.41, 5.74) is 7.90. The molecule has 0 radical (unpaired) electrons. The molecule has 0 aliphatic heterocycles. The Morgan fingerprint density at radius 2 is 1.84 bits per heavy atom. The van der Waals surface area contributed by atoms with Crippen molar-refractivity contribution in [1.82, 2.24) is 9.97 Å². The van der Waals surface area contributed by atoms with Crippen molar-refractivity contribution in [3.63, 3.8) is 0 Å². The van der Waals surface area contributed by atoms with E-state index in [4.69, 9.17) is 27.9 Å². The van der Waals surface area contributed by atoms with Crippen molar-refractivity contribution in [2.75, 3.05) is 0 Å². The zero-order chi connectivity index (χ0) is 14.3. The van der Waals surface area contributed by atoms with Crippen LogP contribution in [-0.4, -0.2) is 26.0 Å². The molecule has 0 aliphatic carbocycles. The molecule has 0 atom stereocenters. The quantitative estimate of drug-likeness (QED) is 0.813. The van der Waals surface area contributed by atoms with Gasteiger partial charge in [-0.3, -0.25) is 14.8 Å². The number of nitrogens with zero attached hydrogens (tertiary/aromatic N) is 2. The van der Waals surface area contributed by atoms with E-state index in [1.165, 1.54) is 0 Å². The highest BCUT2D eigenvalue weighted by Gasteiger charge is 2.08. The van der Waals surface area contributed by atoms with E-state index in [2.05, 4.69) is 9.97 Å². The molecule has 0 saturated heterocycles. The van der Waals surface area contributed by atoms with Gasteiger partial charge >= 0.3 is 0 Å². The molecule has 0 fully saturated rings. The molecule has 0 aliphatic rings. The maximum Gasteiger partial charge on any atom is 0.300 e. The lowest BCUT2D eigenvalue weighted by atomic mass is 10.1. The van der Waals surface area contributed by atoms with Gasteiger partial charge in [-0.15, -0.1) is 0 Å². The molecular formula is C13H13N3O2S. The van der Waals surface area contributed by atoms with Gasteiger partial charge in [0, 0.05) is 24.9 Å². The molecule has 0 spiro atoms. The molecule has 2 aromatic heterocycles. The molecule has 2 heterocycles. The molecule has 98 valence electrons. The summed E-state index contributed by atoms with van der Waals surface area (Å²) in [6, 6.07) is 9.42. The van der Waals surface area contributed by atoms with Crippen molar-refractivity contribution < 1.29 is 9.90 Å². The van der Waals surface area contributed by atoms with Gasteiger partial charge in [-0.25, -0.2) is 0 Å². The van der Waals surface area contributed by atoms with Crippen molar-refractivity contribution in [2.45, 2.75) is 6.92 Å². The Hall–Kier alpha value is -2.34. The number of thiocarbonyl (C=S) groups is 1. The van der Waals surface area contributed by atoms with E-state index in [9.17, 15) is 0 Å². The zero-order valence-corrected chi connectivity index (χ0v) is 11.1. The van der Waals surface area contributed by atoms with Crippen LogP contribution < -0.4 is 5.73 Å². The van der Waals surface area contributed by atoms with E-state index in [0.717, 1.165) is 18.2 Å². The van der Waals surface area contributed by atoms with Gasteiger partial charge in [0.15, 0.2) is 0 Å². The summed E-state index contributed by atoms with van der Waals surface area (Å²) < 4.78 is 0. The number of hydrogen-bond donors (Lipinski definition) is 2. The van der Waals surface area contributed by atoms with Crippen molar-refractivity contribution in [2.24, 2.45) is 5.73 Å². The first kappa shape index (κ1) is 14.7. The van der Waals surface area contributed by atoms with Crippen molar-refractivity contribution in [3.8, 4) is 11.3 Å². The van der Waals surface area contributed by atoms with E-state index in [-0.39, 0.29) is 4.99 Å². The van der Waals surface area contributed by atoms with Crippen LogP contribution in [0, 0.1) is 0 Å². The average molecular weight is 275 g/mol. The minimum atomic E-state index is -0.833. The van der Waals surface area contributed by atoms with E-state index in [1.807, 2.05) is 30.3 Å². The van der Waals surface area contributed by atoms with Gasteiger partial charge in [-0.05, 0) is 24.3 Å². The number of carboxylic acids is 1. The highest BCUT2D eigenvalue weighted by atomic mass is 32.1. The van der Waals surface area contributed by atoms with Crippen molar-refractivity contribution >= 4 is 23.2 Å².